The van der Waals surface area contributed by atoms with Crippen molar-refractivity contribution in [1.29, 1.82) is 0 Å². The fourth-order valence-electron chi connectivity index (χ4n) is 2.36. The normalized spacial score (nSPS) is 20.6. The lowest BCUT2D eigenvalue weighted by atomic mass is 10.0. The molecule has 3 nitrogen and oxygen atoms in total. The van der Waals surface area contributed by atoms with Crippen molar-refractivity contribution in [2.24, 2.45) is 0 Å². The van der Waals surface area contributed by atoms with E-state index in [0.29, 0.717) is 22.4 Å². The van der Waals surface area contributed by atoms with Crippen molar-refractivity contribution in [2.45, 2.75) is 32.2 Å². The van der Waals surface area contributed by atoms with E-state index >= 15 is 0 Å². The predicted octanol–water partition coefficient (Wildman–Crippen LogP) is 3.65. The summed E-state index contributed by atoms with van der Waals surface area (Å²) in [5.74, 6) is 0. The second kappa shape index (κ2) is 4.94. The number of benzene rings is 1. The molecule has 4 N–H and O–H groups in total. The number of hydrogen-bond donors (Lipinski definition) is 2. The van der Waals surface area contributed by atoms with E-state index in [9.17, 15) is 0 Å². The Balaban J connectivity index is 2.47. The SMILES string of the molecule is CC1CCCCN1c1c(N)cc(Cl)c(N)c1Br. The van der Waals surface area contributed by atoms with Crippen molar-refractivity contribution >= 4 is 44.6 Å². The first-order valence-electron chi connectivity index (χ1n) is 5.82. The molecular formula is C12H17BrClN3. The second-order valence-electron chi connectivity index (χ2n) is 4.56. The van der Waals surface area contributed by atoms with Gasteiger partial charge in [0.25, 0.3) is 0 Å². The van der Waals surface area contributed by atoms with Gasteiger partial charge < -0.3 is 16.4 Å². The molecule has 1 aromatic carbocycles. The maximum absolute atomic E-state index is 6.07. The summed E-state index contributed by atoms with van der Waals surface area (Å²) in [4.78, 5) is 2.32. The standard InChI is InChI=1S/C12H17BrClN3/c1-7-4-2-3-5-17(7)12-9(15)6-8(14)11(16)10(12)13/h6-7H,2-5,15-16H2,1H3. The van der Waals surface area contributed by atoms with Crippen LogP contribution in [0.5, 0.6) is 0 Å². The molecule has 1 aliphatic heterocycles. The zero-order valence-electron chi connectivity index (χ0n) is 9.84. The molecule has 2 rings (SSSR count). The summed E-state index contributed by atoms with van der Waals surface area (Å²) in [6.45, 7) is 3.24. The highest BCUT2D eigenvalue weighted by Crippen LogP contribution is 2.43. The molecule has 1 fully saturated rings. The van der Waals surface area contributed by atoms with Crippen LogP contribution in [0.25, 0.3) is 0 Å². The van der Waals surface area contributed by atoms with Crippen LogP contribution in [0, 0.1) is 0 Å². The number of nitrogens with zero attached hydrogens (tertiary/aromatic N) is 1. The first kappa shape index (κ1) is 12.8. The minimum absolute atomic E-state index is 0.489. The number of halogens is 2. The number of hydrogen-bond acceptors (Lipinski definition) is 3. The van der Waals surface area contributed by atoms with Crippen LogP contribution in [0.1, 0.15) is 26.2 Å². The van der Waals surface area contributed by atoms with Gasteiger partial charge in [-0.15, -0.1) is 0 Å². The van der Waals surface area contributed by atoms with Crippen LogP contribution in [0.15, 0.2) is 10.5 Å². The Labute approximate surface area is 115 Å². The van der Waals surface area contributed by atoms with Crippen LogP contribution < -0.4 is 16.4 Å². The van der Waals surface area contributed by atoms with Crippen molar-refractivity contribution in [3.63, 3.8) is 0 Å². The molecule has 0 aliphatic carbocycles. The molecule has 5 heteroatoms. The summed E-state index contributed by atoms with van der Waals surface area (Å²) >= 11 is 9.53. The average Bonchev–Trinajstić information content (AvgIpc) is 2.29. The number of nitrogens with two attached hydrogens (primary N) is 2. The third kappa shape index (κ3) is 2.33. The third-order valence-corrected chi connectivity index (χ3v) is 4.46. The Morgan fingerprint density at radius 2 is 2.12 bits per heavy atom. The molecule has 1 atom stereocenters. The summed E-state index contributed by atoms with van der Waals surface area (Å²) < 4.78 is 0.816. The van der Waals surface area contributed by atoms with Gasteiger partial charge in [-0.3, -0.25) is 0 Å². The largest absolute Gasteiger partial charge is 0.397 e. The van der Waals surface area contributed by atoms with Crippen molar-refractivity contribution in [2.75, 3.05) is 22.9 Å². The van der Waals surface area contributed by atoms with Crippen LogP contribution >= 0.6 is 27.5 Å². The molecule has 1 saturated heterocycles. The van der Waals surface area contributed by atoms with Gasteiger partial charge in [0.2, 0.25) is 0 Å². The van der Waals surface area contributed by atoms with E-state index in [1.165, 1.54) is 19.3 Å². The Hall–Kier alpha value is -0.610. The van der Waals surface area contributed by atoms with E-state index in [-0.39, 0.29) is 0 Å². The molecular weight excluding hydrogens is 302 g/mol. The van der Waals surface area contributed by atoms with Crippen molar-refractivity contribution < 1.29 is 0 Å². The minimum Gasteiger partial charge on any atom is -0.397 e. The van der Waals surface area contributed by atoms with E-state index in [4.69, 9.17) is 23.1 Å². The van der Waals surface area contributed by atoms with Crippen LogP contribution in [-0.4, -0.2) is 12.6 Å². The fraction of sp³-hybridized carbons (Fsp3) is 0.500. The lowest BCUT2D eigenvalue weighted by Crippen LogP contribution is -2.38. The first-order valence-corrected chi connectivity index (χ1v) is 6.99. The topological polar surface area (TPSA) is 55.3 Å². The monoisotopic (exact) mass is 317 g/mol. The van der Waals surface area contributed by atoms with Crippen LogP contribution in [0.3, 0.4) is 0 Å². The Morgan fingerprint density at radius 3 is 2.76 bits per heavy atom. The number of rotatable bonds is 1. The van der Waals surface area contributed by atoms with Crippen LogP contribution in [0.2, 0.25) is 5.02 Å². The number of anilines is 3. The smallest absolute Gasteiger partial charge is 0.0768 e. The van der Waals surface area contributed by atoms with Crippen molar-refractivity contribution in [3.05, 3.63) is 15.6 Å². The van der Waals surface area contributed by atoms with Gasteiger partial charge in [0, 0.05) is 12.6 Å². The highest BCUT2D eigenvalue weighted by Gasteiger charge is 2.24. The molecule has 0 amide bonds. The van der Waals surface area contributed by atoms with E-state index in [1.807, 2.05) is 0 Å². The minimum atomic E-state index is 0.489. The average molecular weight is 319 g/mol. The maximum atomic E-state index is 6.07. The maximum Gasteiger partial charge on any atom is 0.0768 e. The fourth-order valence-corrected chi connectivity index (χ4v) is 3.36. The zero-order valence-corrected chi connectivity index (χ0v) is 12.2. The summed E-state index contributed by atoms with van der Waals surface area (Å²) in [7, 11) is 0. The van der Waals surface area contributed by atoms with E-state index < -0.39 is 0 Å². The molecule has 1 aliphatic rings. The highest BCUT2D eigenvalue weighted by atomic mass is 79.9. The highest BCUT2D eigenvalue weighted by molar-refractivity contribution is 9.10. The summed E-state index contributed by atoms with van der Waals surface area (Å²) in [5, 5.41) is 0.503. The molecule has 1 heterocycles. The van der Waals surface area contributed by atoms with E-state index in [1.54, 1.807) is 6.07 Å². The van der Waals surface area contributed by atoms with Gasteiger partial charge in [-0.05, 0) is 48.2 Å². The molecule has 94 valence electrons. The lowest BCUT2D eigenvalue weighted by molar-refractivity contribution is 0.485. The van der Waals surface area contributed by atoms with Crippen molar-refractivity contribution in [1.82, 2.24) is 0 Å². The first-order chi connectivity index (χ1) is 8.02. The van der Waals surface area contributed by atoms with Crippen LogP contribution in [-0.2, 0) is 0 Å². The summed E-state index contributed by atoms with van der Waals surface area (Å²) in [6, 6.07) is 2.22. The van der Waals surface area contributed by atoms with Gasteiger partial charge in [0.15, 0.2) is 0 Å². The van der Waals surface area contributed by atoms with Gasteiger partial charge in [0.1, 0.15) is 0 Å². The second-order valence-corrected chi connectivity index (χ2v) is 5.76. The zero-order chi connectivity index (χ0) is 12.6. The van der Waals surface area contributed by atoms with Gasteiger partial charge in [0.05, 0.1) is 26.6 Å². The molecule has 0 bridgehead atoms. The molecule has 1 aromatic rings. The van der Waals surface area contributed by atoms with Gasteiger partial charge in [-0.25, -0.2) is 0 Å². The molecule has 0 radical (unpaired) electrons. The van der Waals surface area contributed by atoms with Crippen LogP contribution in [0.4, 0.5) is 17.1 Å². The predicted molar refractivity (Wildman–Crippen MR) is 78.6 cm³/mol. The summed E-state index contributed by atoms with van der Waals surface area (Å²) in [6.07, 6.45) is 3.66. The molecule has 1 unspecified atom stereocenters. The Morgan fingerprint density at radius 1 is 1.41 bits per heavy atom. The molecule has 0 saturated carbocycles. The molecule has 0 aromatic heterocycles. The molecule has 17 heavy (non-hydrogen) atoms. The van der Waals surface area contributed by atoms with Crippen molar-refractivity contribution in [3.8, 4) is 0 Å². The van der Waals surface area contributed by atoms with Gasteiger partial charge in [-0.2, -0.15) is 0 Å². The third-order valence-electron chi connectivity index (χ3n) is 3.35. The van der Waals surface area contributed by atoms with E-state index in [2.05, 4.69) is 27.8 Å². The summed E-state index contributed by atoms with van der Waals surface area (Å²) in [5.41, 5.74) is 14.2. The van der Waals surface area contributed by atoms with Gasteiger partial charge >= 0.3 is 0 Å². The van der Waals surface area contributed by atoms with Gasteiger partial charge in [-0.1, -0.05) is 11.6 Å². The Bertz CT molecular complexity index is 436. The van der Waals surface area contributed by atoms with E-state index in [0.717, 1.165) is 16.7 Å². The quantitative estimate of drug-likeness (QED) is 0.777. The lowest BCUT2D eigenvalue weighted by Gasteiger charge is -2.37. The number of piperidine rings is 1. The molecule has 0 spiro atoms. The Kier molecular flexibility index (Phi) is 3.73. The number of nitrogen functional groups attached to an aromatic ring is 2.